The Labute approximate surface area is 82.5 Å². The quantitative estimate of drug-likeness (QED) is 0.547. The van der Waals surface area contributed by atoms with Crippen LogP contribution < -0.4 is 5.73 Å². The molecule has 0 bridgehead atoms. The molecule has 0 saturated carbocycles. The molecule has 5 nitrogen and oxygen atoms in total. The van der Waals surface area contributed by atoms with Crippen molar-refractivity contribution in [3.8, 4) is 0 Å². The van der Waals surface area contributed by atoms with Crippen LogP contribution in [-0.2, 0) is 9.59 Å². The van der Waals surface area contributed by atoms with E-state index < -0.39 is 11.9 Å². The molecule has 0 fully saturated rings. The summed E-state index contributed by atoms with van der Waals surface area (Å²) in [6.07, 6.45) is 1.90. The van der Waals surface area contributed by atoms with Crippen molar-refractivity contribution >= 4 is 11.9 Å². The molecule has 0 spiro atoms. The maximum Gasteiger partial charge on any atom is 0.330 e. The highest BCUT2D eigenvalue weighted by molar-refractivity contribution is 5.85. The van der Waals surface area contributed by atoms with E-state index in [1.165, 1.54) is 0 Å². The van der Waals surface area contributed by atoms with Crippen molar-refractivity contribution in [2.24, 2.45) is 5.73 Å². The Hall–Kier alpha value is -1.62. The Bertz CT molecular complexity index is 223. The van der Waals surface area contributed by atoms with Crippen LogP contribution >= 0.6 is 0 Å². The monoisotopic (exact) mass is 201 g/mol. The molecular weight excluding hydrogens is 186 g/mol. The topological polar surface area (TPSA) is 101 Å². The van der Waals surface area contributed by atoms with Gasteiger partial charge in [-0.15, -0.1) is 0 Å². The lowest BCUT2D eigenvalue weighted by Crippen LogP contribution is -2.04. The smallest absolute Gasteiger partial charge is 0.330 e. The van der Waals surface area contributed by atoms with E-state index in [9.17, 15) is 9.59 Å². The van der Waals surface area contributed by atoms with Crippen molar-refractivity contribution in [2.45, 2.75) is 12.8 Å². The Morgan fingerprint density at radius 3 is 2.07 bits per heavy atom. The zero-order valence-corrected chi connectivity index (χ0v) is 7.90. The van der Waals surface area contributed by atoms with Gasteiger partial charge in [0, 0.05) is 12.2 Å². The molecule has 0 radical (unpaired) electrons. The summed E-state index contributed by atoms with van der Waals surface area (Å²) in [5.74, 6) is -1.46. The van der Waals surface area contributed by atoms with E-state index in [4.69, 9.17) is 10.2 Å². The predicted octanol–water partition coefficient (Wildman–Crippen LogP) is 0.0574. The first kappa shape index (κ1) is 14.9. The third-order valence-corrected chi connectivity index (χ3v) is 1.14. The molecule has 0 unspecified atom stereocenters. The average Bonchev–Trinajstić information content (AvgIpc) is 2.14. The fourth-order valence-corrected chi connectivity index (χ4v) is 0.399. The minimum absolute atomic E-state index is 0.0201. The highest BCUT2D eigenvalue weighted by Crippen LogP contribution is 2.00. The summed E-state index contributed by atoms with van der Waals surface area (Å²) in [5.41, 5.74) is 4.69. The molecule has 0 aliphatic rings. The second kappa shape index (κ2) is 9.47. The predicted molar refractivity (Wildman–Crippen MR) is 52.5 cm³/mol. The normalized spacial score (nSPS) is 8.07. The van der Waals surface area contributed by atoms with Crippen LogP contribution in [0.25, 0.3) is 0 Å². The number of carboxylic acid groups (broad SMARTS) is 1. The second-order valence-corrected chi connectivity index (χ2v) is 2.34. The Balaban J connectivity index is 0. The minimum Gasteiger partial charge on any atom is -0.478 e. The number of aliphatic hydroxyl groups is 1. The van der Waals surface area contributed by atoms with Gasteiger partial charge in [-0.1, -0.05) is 13.2 Å². The Morgan fingerprint density at radius 2 is 1.86 bits per heavy atom. The number of carboxylic acids is 1. The van der Waals surface area contributed by atoms with Gasteiger partial charge in [0.1, 0.15) is 0 Å². The first-order chi connectivity index (χ1) is 6.45. The van der Waals surface area contributed by atoms with Crippen molar-refractivity contribution in [1.29, 1.82) is 0 Å². The van der Waals surface area contributed by atoms with E-state index in [-0.39, 0.29) is 12.2 Å². The van der Waals surface area contributed by atoms with Crippen LogP contribution in [0.4, 0.5) is 0 Å². The van der Waals surface area contributed by atoms with E-state index in [1.807, 2.05) is 0 Å². The number of carbonyl (C=O) groups excluding carboxylic acids is 1. The van der Waals surface area contributed by atoms with E-state index in [0.717, 1.165) is 6.08 Å². The molecule has 0 aromatic heterocycles. The molecule has 14 heavy (non-hydrogen) atoms. The number of nitrogens with two attached hydrogens (primary N) is 1. The SMILES string of the molecule is C=C(CCCO)C(=O)O.C=CC(N)=O. The largest absolute Gasteiger partial charge is 0.478 e. The summed E-state index contributed by atoms with van der Waals surface area (Å²) in [6.45, 7) is 6.39. The molecule has 1 amide bonds. The van der Waals surface area contributed by atoms with E-state index in [2.05, 4.69) is 18.9 Å². The third kappa shape index (κ3) is 13.0. The van der Waals surface area contributed by atoms with Crippen LogP contribution in [0.2, 0.25) is 0 Å². The van der Waals surface area contributed by atoms with Gasteiger partial charge in [0.15, 0.2) is 0 Å². The zero-order chi connectivity index (χ0) is 11.6. The summed E-state index contributed by atoms with van der Waals surface area (Å²) in [4.78, 5) is 19.5. The molecule has 0 aromatic rings. The van der Waals surface area contributed by atoms with Gasteiger partial charge in [-0.3, -0.25) is 4.79 Å². The molecule has 0 rings (SSSR count). The molecule has 80 valence electrons. The standard InChI is InChI=1S/C6H10O3.C3H5NO/c1-5(6(8)9)3-2-4-7;1-2-3(4)5/h7H,1-4H2,(H,8,9);2H,1H2,(H2,4,5). The number of primary amides is 1. The molecule has 4 N–H and O–H groups in total. The average molecular weight is 201 g/mol. The van der Waals surface area contributed by atoms with Crippen molar-refractivity contribution < 1.29 is 19.8 Å². The lowest BCUT2D eigenvalue weighted by molar-refractivity contribution is -0.132. The van der Waals surface area contributed by atoms with Crippen molar-refractivity contribution in [2.75, 3.05) is 6.61 Å². The molecule has 0 saturated heterocycles. The van der Waals surface area contributed by atoms with E-state index >= 15 is 0 Å². The van der Waals surface area contributed by atoms with Gasteiger partial charge < -0.3 is 15.9 Å². The minimum atomic E-state index is -0.983. The Morgan fingerprint density at radius 1 is 1.43 bits per heavy atom. The molecule has 0 aliphatic heterocycles. The van der Waals surface area contributed by atoms with E-state index in [0.29, 0.717) is 12.8 Å². The number of hydrogen-bond acceptors (Lipinski definition) is 3. The van der Waals surface area contributed by atoms with Crippen LogP contribution in [0.3, 0.4) is 0 Å². The van der Waals surface area contributed by atoms with Gasteiger partial charge >= 0.3 is 5.97 Å². The van der Waals surface area contributed by atoms with Crippen LogP contribution in [0.5, 0.6) is 0 Å². The Kier molecular flexibility index (Phi) is 10.1. The fourth-order valence-electron chi connectivity index (χ4n) is 0.399. The van der Waals surface area contributed by atoms with Crippen molar-refractivity contribution in [3.63, 3.8) is 0 Å². The van der Waals surface area contributed by atoms with Gasteiger partial charge in [0.05, 0.1) is 0 Å². The van der Waals surface area contributed by atoms with Crippen LogP contribution in [0.15, 0.2) is 24.8 Å². The van der Waals surface area contributed by atoms with Crippen LogP contribution in [-0.4, -0.2) is 28.7 Å². The number of carbonyl (C=O) groups is 2. The lowest BCUT2D eigenvalue weighted by Gasteiger charge is -1.94. The summed E-state index contributed by atoms with van der Waals surface area (Å²) in [7, 11) is 0. The third-order valence-electron chi connectivity index (χ3n) is 1.14. The van der Waals surface area contributed by atoms with Crippen LogP contribution in [0.1, 0.15) is 12.8 Å². The van der Waals surface area contributed by atoms with Gasteiger partial charge in [0.2, 0.25) is 5.91 Å². The number of amides is 1. The van der Waals surface area contributed by atoms with E-state index in [1.54, 1.807) is 0 Å². The van der Waals surface area contributed by atoms with Gasteiger partial charge in [-0.05, 0) is 18.9 Å². The fraction of sp³-hybridized carbons (Fsp3) is 0.333. The van der Waals surface area contributed by atoms with Crippen molar-refractivity contribution in [1.82, 2.24) is 0 Å². The molecule has 5 heteroatoms. The maximum absolute atomic E-state index is 10.0. The molecule has 0 heterocycles. The first-order valence-electron chi connectivity index (χ1n) is 3.89. The molecular formula is C9H15NO4. The number of rotatable bonds is 5. The summed E-state index contributed by atoms with van der Waals surface area (Å²) < 4.78 is 0. The number of aliphatic carboxylic acids is 1. The highest BCUT2D eigenvalue weighted by atomic mass is 16.4. The summed E-state index contributed by atoms with van der Waals surface area (Å²) in [5, 5.41) is 16.5. The second-order valence-electron chi connectivity index (χ2n) is 2.34. The van der Waals surface area contributed by atoms with Crippen LogP contribution in [0, 0.1) is 0 Å². The maximum atomic E-state index is 10.0. The zero-order valence-electron chi connectivity index (χ0n) is 7.90. The molecule has 0 aromatic carbocycles. The van der Waals surface area contributed by atoms with Gasteiger partial charge in [-0.2, -0.15) is 0 Å². The summed E-state index contributed by atoms with van der Waals surface area (Å²) in [6, 6.07) is 0. The van der Waals surface area contributed by atoms with Crippen molar-refractivity contribution in [3.05, 3.63) is 24.8 Å². The highest BCUT2D eigenvalue weighted by Gasteiger charge is 2.00. The number of aliphatic hydroxyl groups excluding tert-OH is 1. The summed E-state index contributed by atoms with van der Waals surface area (Å²) >= 11 is 0. The molecule has 0 aliphatic carbocycles. The van der Waals surface area contributed by atoms with Gasteiger partial charge in [-0.25, -0.2) is 4.79 Å². The van der Waals surface area contributed by atoms with Gasteiger partial charge in [0.25, 0.3) is 0 Å². The lowest BCUT2D eigenvalue weighted by atomic mass is 10.2. The molecule has 0 atom stereocenters. The number of hydrogen-bond donors (Lipinski definition) is 3. The first-order valence-corrected chi connectivity index (χ1v) is 3.89.